The van der Waals surface area contributed by atoms with Crippen LogP contribution in [0.3, 0.4) is 0 Å². The number of ether oxygens (including phenoxy) is 2. The van der Waals surface area contributed by atoms with Crippen molar-refractivity contribution in [1.29, 1.82) is 0 Å². The number of hydrogen-bond acceptors (Lipinski definition) is 6. The van der Waals surface area contributed by atoms with Crippen molar-refractivity contribution in [1.82, 2.24) is 10.5 Å². The van der Waals surface area contributed by atoms with Crippen LogP contribution in [-0.2, 0) is 4.74 Å². The second kappa shape index (κ2) is 6.74. The third kappa shape index (κ3) is 3.72. The van der Waals surface area contributed by atoms with Crippen molar-refractivity contribution in [2.75, 3.05) is 20.3 Å². The van der Waals surface area contributed by atoms with Crippen LogP contribution >= 0.6 is 23.8 Å². The van der Waals surface area contributed by atoms with Crippen LogP contribution in [0.4, 0.5) is 0 Å². The maximum Gasteiger partial charge on any atom is 0.262 e. The number of rotatable bonds is 5. The maximum atomic E-state index is 5.92. The summed E-state index contributed by atoms with van der Waals surface area (Å²) in [6, 6.07) is 4.83. The zero-order valence-electron chi connectivity index (χ0n) is 10.8. The van der Waals surface area contributed by atoms with E-state index < -0.39 is 0 Å². The first-order valence-electron chi connectivity index (χ1n) is 5.88. The summed E-state index contributed by atoms with van der Waals surface area (Å²) < 4.78 is 15.8. The topological polar surface area (TPSA) is 82.5 Å². The van der Waals surface area contributed by atoms with Crippen molar-refractivity contribution in [2.45, 2.75) is 6.04 Å². The van der Waals surface area contributed by atoms with E-state index in [4.69, 9.17) is 43.5 Å². The van der Waals surface area contributed by atoms with E-state index in [1.165, 1.54) is 0 Å². The lowest BCUT2D eigenvalue weighted by atomic mass is 10.2. The zero-order valence-corrected chi connectivity index (χ0v) is 12.3. The number of benzene rings is 1. The predicted molar refractivity (Wildman–Crippen MR) is 80.1 cm³/mol. The van der Waals surface area contributed by atoms with Crippen LogP contribution in [0.15, 0.2) is 22.7 Å². The van der Waals surface area contributed by atoms with Crippen LogP contribution in [0, 0.1) is 0 Å². The van der Waals surface area contributed by atoms with Gasteiger partial charge in [0.1, 0.15) is 13.2 Å². The van der Waals surface area contributed by atoms with E-state index in [2.05, 4.69) is 10.5 Å². The number of halogens is 1. The molecule has 0 bridgehead atoms. The van der Waals surface area contributed by atoms with Gasteiger partial charge in [-0.15, -0.1) is 0 Å². The van der Waals surface area contributed by atoms with E-state index in [0.29, 0.717) is 27.0 Å². The minimum atomic E-state index is -0.341. The summed E-state index contributed by atoms with van der Waals surface area (Å²) in [6.45, 7) is 0.469. The number of nitrogens with zero attached hydrogens (tertiary/aromatic N) is 1. The monoisotopic (exact) mass is 315 g/mol. The SMILES string of the molecule is CNC(=S)OCC(N)COc1noc2ccc(Cl)cc12. The molecule has 1 aromatic carbocycles. The van der Waals surface area contributed by atoms with Crippen LogP contribution in [0.25, 0.3) is 11.0 Å². The highest BCUT2D eigenvalue weighted by Crippen LogP contribution is 2.27. The van der Waals surface area contributed by atoms with Crippen LogP contribution < -0.4 is 15.8 Å². The van der Waals surface area contributed by atoms with E-state index in [-0.39, 0.29) is 19.3 Å². The highest BCUT2D eigenvalue weighted by molar-refractivity contribution is 7.80. The van der Waals surface area contributed by atoms with Crippen molar-refractivity contribution in [3.05, 3.63) is 23.2 Å². The van der Waals surface area contributed by atoms with Gasteiger partial charge < -0.3 is 25.0 Å². The predicted octanol–water partition coefficient (Wildman–Crippen LogP) is 1.71. The molecule has 8 heteroatoms. The molecule has 1 atom stereocenters. The second-order valence-electron chi connectivity index (χ2n) is 4.05. The van der Waals surface area contributed by atoms with Gasteiger partial charge in [-0.25, -0.2) is 0 Å². The molecule has 0 spiro atoms. The molecule has 108 valence electrons. The first-order chi connectivity index (χ1) is 9.60. The van der Waals surface area contributed by atoms with Gasteiger partial charge in [0.25, 0.3) is 11.1 Å². The summed E-state index contributed by atoms with van der Waals surface area (Å²) in [5, 5.41) is 8.10. The molecule has 6 nitrogen and oxygen atoms in total. The van der Waals surface area contributed by atoms with Crippen LogP contribution in [0.2, 0.25) is 5.02 Å². The van der Waals surface area contributed by atoms with Crippen molar-refractivity contribution >= 4 is 40.0 Å². The molecule has 0 saturated carbocycles. The number of nitrogens with two attached hydrogens (primary N) is 1. The molecular weight excluding hydrogens is 302 g/mol. The molecule has 1 heterocycles. The number of nitrogens with one attached hydrogen (secondary N) is 1. The molecule has 0 amide bonds. The molecule has 2 aromatic rings. The average molecular weight is 316 g/mol. The Bertz CT molecular complexity index is 605. The first kappa shape index (κ1) is 14.8. The standard InChI is InChI=1S/C12H14ClN3O3S/c1-15-12(20)18-6-8(14)5-17-11-9-4-7(13)2-3-10(9)19-16-11/h2-4,8H,5-6,14H2,1H3,(H,15,20). The van der Waals surface area contributed by atoms with E-state index >= 15 is 0 Å². The van der Waals surface area contributed by atoms with Gasteiger partial charge in [-0.3, -0.25) is 0 Å². The van der Waals surface area contributed by atoms with Crippen molar-refractivity contribution in [3.8, 4) is 5.88 Å². The van der Waals surface area contributed by atoms with Gasteiger partial charge in [0.05, 0.1) is 11.4 Å². The molecule has 1 unspecified atom stereocenters. The minimum absolute atomic E-state index is 0.223. The highest BCUT2D eigenvalue weighted by atomic mass is 35.5. The number of hydrogen-bond donors (Lipinski definition) is 2. The Hall–Kier alpha value is -1.57. The molecule has 0 aliphatic heterocycles. The number of fused-ring (bicyclic) bond motifs is 1. The third-order valence-corrected chi connectivity index (χ3v) is 3.02. The third-order valence-electron chi connectivity index (χ3n) is 2.47. The molecule has 2 rings (SSSR count). The molecule has 0 aliphatic rings. The van der Waals surface area contributed by atoms with E-state index in [0.717, 1.165) is 0 Å². The summed E-state index contributed by atoms with van der Waals surface area (Å²) in [6.07, 6.45) is 0. The summed E-state index contributed by atoms with van der Waals surface area (Å²) in [7, 11) is 1.68. The second-order valence-corrected chi connectivity index (χ2v) is 4.85. The van der Waals surface area contributed by atoms with E-state index in [1.807, 2.05) is 0 Å². The average Bonchev–Trinajstić information content (AvgIpc) is 2.84. The van der Waals surface area contributed by atoms with Crippen molar-refractivity contribution in [2.24, 2.45) is 5.73 Å². The Balaban J connectivity index is 1.92. The van der Waals surface area contributed by atoms with Gasteiger partial charge in [-0.05, 0) is 35.6 Å². The molecular formula is C12H14ClN3O3S. The minimum Gasteiger partial charge on any atom is -0.473 e. The molecule has 0 saturated heterocycles. The van der Waals surface area contributed by atoms with E-state index in [9.17, 15) is 0 Å². The lowest BCUT2D eigenvalue weighted by Crippen LogP contribution is -2.35. The molecule has 0 aliphatic carbocycles. The smallest absolute Gasteiger partial charge is 0.262 e. The van der Waals surface area contributed by atoms with Gasteiger partial charge >= 0.3 is 0 Å². The Morgan fingerprint density at radius 2 is 2.35 bits per heavy atom. The Labute approximate surface area is 126 Å². The van der Waals surface area contributed by atoms with Crippen LogP contribution in [-0.4, -0.2) is 36.6 Å². The van der Waals surface area contributed by atoms with Crippen molar-refractivity contribution < 1.29 is 14.0 Å². The fourth-order valence-corrected chi connectivity index (χ4v) is 1.72. The number of thiocarbonyl (C=S) groups is 1. The summed E-state index contributed by atoms with van der Waals surface area (Å²) in [4.78, 5) is 0. The normalized spacial score (nSPS) is 12.2. The van der Waals surface area contributed by atoms with E-state index in [1.54, 1.807) is 25.2 Å². The highest BCUT2D eigenvalue weighted by Gasteiger charge is 2.12. The largest absolute Gasteiger partial charge is 0.473 e. The van der Waals surface area contributed by atoms with Gasteiger partial charge in [-0.2, -0.15) is 0 Å². The maximum absolute atomic E-state index is 5.92. The fraction of sp³-hybridized carbons (Fsp3) is 0.333. The summed E-state index contributed by atoms with van der Waals surface area (Å²) >= 11 is 10.8. The van der Waals surface area contributed by atoms with Gasteiger partial charge in [0, 0.05) is 12.1 Å². The van der Waals surface area contributed by atoms with Crippen LogP contribution in [0.1, 0.15) is 0 Å². The van der Waals surface area contributed by atoms with Gasteiger partial charge in [0.15, 0.2) is 5.58 Å². The first-order valence-corrected chi connectivity index (χ1v) is 6.66. The van der Waals surface area contributed by atoms with Gasteiger partial charge in [0.2, 0.25) is 0 Å². The molecule has 3 N–H and O–H groups in total. The lowest BCUT2D eigenvalue weighted by molar-refractivity contribution is 0.203. The molecule has 20 heavy (non-hydrogen) atoms. The lowest BCUT2D eigenvalue weighted by Gasteiger charge is -2.13. The molecule has 0 radical (unpaired) electrons. The number of aromatic nitrogens is 1. The molecule has 0 fully saturated rings. The zero-order chi connectivity index (χ0) is 14.5. The Morgan fingerprint density at radius 3 is 3.10 bits per heavy atom. The van der Waals surface area contributed by atoms with Crippen molar-refractivity contribution in [3.63, 3.8) is 0 Å². The quantitative estimate of drug-likeness (QED) is 0.813. The Kier molecular flexibility index (Phi) is 4.99. The summed E-state index contributed by atoms with van der Waals surface area (Å²) in [5.41, 5.74) is 6.45. The Morgan fingerprint density at radius 1 is 1.55 bits per heavy atom. The van der Waals surface area contributed by atoms with Crippen LogP contribution in [0.5, 0.6) is 5.88 Å². The fourth-order valence-electron chi connectivity index (χ4n) is 1.48. The van der Waals surface area contributed by atoms with Gasteiger partial charge in [-0.1, -0.05) is 11.6 Å². The summed E-state index contributed by atoms with van der Waals surface area (Å²) in [5.74, 6) is 0.356. The molecule has 1 aromatic heterocycles.